The van der Waals surface area contributed by atoms with Crippen molar-refractivity contribution in [1.29, 1.82) is 0 Å². The first-order valence-corrected chi connectivity index (χ1v) is 5.83. The third-order valence-corrected chi connectivity index (χ3v) is 3.11. The fourth-order valence-corrected chi connectivity index (χ4v) is 1.92. The Morgan fingerprint density at radius 3 is 2.21 bits per heavy atom. The van der Waals surface area contributed by atoms with E-state index in [4.69, 9.17) is 9.94 Å². The van der Waals surface area contributed by atoms with Crippen LogP contribution in [0.3, 0.4) is 0 Å². The van der Waals surface area contributed by atoms with E-state index in [1.165, 1.54) is 14.1 Å². The van der Waals surface area contributed by atoms with Crippen molar-refractivity contribution in [2.75, 3.05) is 14.1 Å². The SMILES string of the molecule is CCC(O)(c1ccccc1)[N+](C)(C)OC(=O)C(=O)O. The van der Waals surface area contributed by atoms with Gasteiger partial charge in [-0.15, -0.1) is 4.65 Å². The summed E-state index contributed by atoms with van der Waals surface area (Å²) in [7, 11) is 2.86. The van der Waals surface area contributed by atoms with Gasteiger partial charge >= 0.3 is 11.9 Å². The Labute approximate surface area is 111 Å². The normalized spacial score (nSPS) is 14.5. The minimum atomic E-state index is -1.70. The predicted octanol–water partition coefficient (Wildman–Crippen LogP) is 0.861. The highest BCUT2D eigenvalue weighted by molar-refractivity contribution is 6.28. The molecule has 0 bridgehead atoms. The van der Waals surface area contributed by atoms with Crippen molar-refractivity contribution < 1.29 is 29.3 Å². The average Bonchev–Trinajstić information content (AvgIpc) is 2.37. The predicted molar refractivity (Wildman–Crippen MR) is 66.5 cm³/mol. The molecule has 6 heteroatoms. The molecule has 0 aromatic heterocycles. The first kappa shape index (κ1) is 15.1. The molecule has 19 heavy (non-hydrogen) atoms. The summed E-state index contributed by atoms with van der Waals surface area (Å²) in [6.45, 7) is 1.72. The molecule has 1 unspecified atom stereocenters. The van der Waals surface area contributed by atoms with Gasteiger partial charge in [-0.3, -0.25) is 4.84 Å². The van der Waals surface area contributed by atoms with E-state index in [-0.39, 0.29) is 6.42 Å². The van der Waals surface area contributed by atoms with Gasteiger partial charge in [-0.2, -0.15) is 0 Å². The number of hydroxylamine groups is 3. The van der Waals surface area contributed by atoms with Gasteiger partial charge in [0, 0.05) is 12.0 Å². The summed E-state index contributed by atoms with van der Waals surface area (Å²) in [6.07, 6.45) is 0.247. The molecule has 0 radical (unpaired) electrons. The molecule has 1 rings (SSSR count). The number of carboxylic acid groups (broad SMARTS) is 1. The lowest BCUT2D eigenvalue weighted by molar-refractivity contribution is -1.12. The topological polar surface area (TPSA) is 83.8 Å². The number of rotatable bonds is 4. The molecule has 104 valence electrons. The number of quaternary nitrogens is 1. The second kappa shape index (κ2) is 5.38. The number of carbonyl (C=O) groups excluding carboxylic acids is 1. The molecule has 0 aliphatic heterocycles. The zero-order valence-electron chi connectivity index (χ0n) is 11.2. The maximum absolute atomic E-state index is 11.2. The van der Waals surface area contributed by atoms with Gasteiger partial charge in [0.2, 0.25) is 0 Å². The highest BCUT2D eigenvalue weighted by Gasteiger charge is 2.49. The monoisotopic (exact) mass is 268 g/mol. The summed E-state index contributed by atoms with van der Waals surface area (Å²) in [5.74, 6) is -3.11. The van der Waals surface area contributed by atoms with E-state index in [1.54, 1.807) is 37.3 Å². The number of carbonyl (C=O) groups is 2. The molecular formula is C13H18NO5+. The van der Waals surface area contributed by atoms with E-state index in [0.717, 1.165) is 0 Å². The lowest BCUT2D eigenvalue weighted by Gasteiger charge is -2.40. The Morgan fingerprint density at radius 1 is 1.26 bits per heavy atom. The number of benzene rings is 1. The van der Waals surface area contributed by atoms with Crippen LogP contribution in [0.2, 0.25) is 0 Å². The van der Waals surface area contributed by atoms with Gasteiger partial charge in [0.15, 0.2) is 0 Å². The highest BCUT2D eigenvalue weighted by Crippen LogP contribution is 2.33. The van der Waals surface area contributed by atoms with E-state index < -0.39 is 22.3 Å². The second-order valence-corrected chi connectivity index (χ2v) is 4.57. The molecule has 2 N–H and O–H groups in total. The van der Waals surface area contributed by atoms with E-state index in [0.29, 0.717) is 5.56 Å². The van der Waals surface area contributed by atoms with Crippen LogP contribution in [0.1, 0.15) is 18.9 Å². The summed E-state index contributed by atoms with van der Waals surface area (Å²) in [4.78, 5) is 26.6. The van der Waals surface area contributed by atoms with Crippen molar-refractivity contribution in [2.45, 2.75) is 19.1 Å². The van der Waals surface area contributed by atoms with Gasteiger partial charge in [-0.25, -0.2) is 9.59 Å². The first-order valence-electron chi connectivity index (χ1n) is 5.83. The molecule has 0 amide bonds. The average molecular weight is 268 g/mol. The minimum Gasteiger partial charge on any atom is -0.473 e. The molecular weight excluding hydrogens is 250 g/mol. The van der Waals surface area contributed by atoms with Gasteiger partial charge in [0.25, 0.3) is 5.72 Å². The molecule has 0 saturated heterocycles. The standard InChI is InChI=1S/C13H17NO5/c1-4-13(18,10-8-6-5-7-9-10)14(2,3)19-12(17)11(15)16/h5-9,18H,4H2,1-3H3/p+1. The molecule has 0 saturated carbocycles. The third kappa shape index (κ3) is 2.91. The van der Waals surface area contributed by atoms with Gasteiger partial charge in [0.05, 0.1) is 0 Å². The molecule has 0 spiro atoms. The summed E-state index contributed by atoms with van der Waals surface area (Å²) in [6, 6.07) is 8.67. The van der Waals surface area contributed by atoms with E-state index in [2.05, 4.69) is 0 Å². The van der Waals surface area contributed by atoms with E-state index in [9.17, 15) is 14.7 Å². The fourth-order valence-electron chi connectivity index (χ4n) is 1.92. The number of nitrogens with zero attached hydrogens (tertiary/aromatic N) is 1. The Morgan fingerprint density at radius 2 is 1.79 bits per heavy atom. The van der Waals surface area contributed by atoms with Gasteiger partial charge < -0.3 is 10.2 Å². The molecule has 1 aromatic rings. The smallest absolute Gasteiger partial charge is 0.473 e. The molecule has 0 fully saturated rings. The zero-order valence-corrected chi connectivity index (χ0v) is 11.2. The number of hydrogen-bond acceptors (Lipinski definition) is 4. The van der Waals surface area contributed by atoms with Gasteiger partial charge in [-0.1, -0.05) is 25.1 Å². The molecule has 0 aliphatic rings. The maximum atomic E-state index is 11.2. The number of carboxylic acids is 1. The third-order valence-electron chi connectivity index (χ3n) is 3.11. The Bertz CT molecular complexity index is 471. The van der Waals surface area contributed by atoms with Crippen LogP contribution in [0.5, 0.6) is 0 Å². The van der Waals surface area contributed by atoms with E-state index >= 15 is 0 Å². The lowest BCUT2D eigenvalue weighted by Crippen LogP contribution is -2.58. The van der Waals surface area contributed by atoms with Crippen LogP contribution in [0.15, 0.2) is 30.3 Å². The number of hydrogen-bond donors (Lipinski definition) is 2. The molecule has 0 aliphatic carbocycles. The van der Waals surface area contributed by atoms with Gasteiger partial charge in [0.1, 0.15) is 14.1 Å². The molecule has 6 nitrogen and oxygen atoms in total. The quantitative estimate of drug-likeness (QED) is 0.366. The second-order valence-electron chi connectivity index (χ2n) is 4.57. The highest BCUT2D eigenvalue weighted by atomic mass is 16.8. The fraction of sp³-hybridized carbons (Fsp3) is 0.385. The largest absolute Gasteiger partial charge is 0.473 e. The van der Waals surface area contributed by atoms with Crippen molar-refractivity contribution in [3.63, 3.8) is 0 Å². The van der Waals surface area contributed by atoms with Crippen LogP contribution < -0.4 is 0 Å². The van der Waals surface area contributed by atoms with Crippen LogP contribution in [-0.4, -0.2) is 40.9 Å². The van der Waals surface area contributed by atoms with Crippen LogP contribution >= 0.6 is 0 Å². The molecule has 1 atom stereocenters. The van der Waals surface area contributed by atoms with Crippen molar-refractivity contribution in [2.24, 2.45) is 0 Å². The number of aliphatic carboxylic acids is 1. The summed E-state index contributed by atoms with van der Waals surface area (Å²) in [5, 5.41) is 19.3. The van der Waals surface area contributed by atoms with Crippen molar-refractivity contribution in [1.82, 2.24) is 0 Å². The number of aliphatic hydroxyl groups is 1. The van der Waals surface area contributed by atoms with E-state index in [1.807, 2.05) is 0 Å². The summed E-state index contributed by atoms with van der Waals surface area (Å²) in [5.41, 5.74) is -0.979. The first-order chi connectivity index (χ1) is 8.74. The van der Waals surface area contributed by atoms with Crippen molar-refractivity contribution in [3.05, 3.63) is 35.9 Å². The molecule has 1 aromatic carbocycles. The van der Waals surface area contributed by atoms with Crippen LogP contribution in [0, 0.1) is 0 Å². The summed E-state index contributed by atoms with van der Waals surface area (Å²) >= 11 is 0. The minimum absolute atomic E-state index is 0.247. The maximum Gasteiger partial charge on any atom is 0.473 e. The lowest BCUT2D eigenvalue weighted by atomic mass is 9.98. The van der Waals surface area contributed by atoms with Crippen molar-refractivity contribution in [3.8, 4) is 0 Å². The van der Waals surface area contributed by atoms with Gasteiger partial charge in [-0.05, 0) is 12.1 Å². The zero-order chi connectivity index (χ0) is 14.7. The van der Waals surface area contributed by atoms with Crippen LogP contribution in [0.25, 0.3) is 0 Å². The van der Waals surface area contributed by atoms with Crippen LogP contribution in [0.4, 0.5) is 0 Å². The van der Waals surface area contributed by atoms with Crippen LogP contribution in [-0.2, 0) is 20.2 Å². The van der Waals surface area contributed by atoms with Crippen molar-refractivity contribution >= 4 is 11.9 Å². The Kier molecular flexibility index (Phi) is 4.28. The molecule has 0 heterocycles. The Hall–Kier alpha value is -1.92. The Balaban J connectivity index is 3.13. The summed E-state index contributed by atoms with van der Waals surface area (Å²) < 4.78 is -0.626.